The first kappa shape index (κ1) is 10.2. The topological polar surface area (TPSA) is 22.1 Å². The number of alkyl halides is 2. The van der Waals surface area contributed by atoms with Crippen molar-refractivity contribution in [1.29, 1.82) is 0 Å². The number of methoxy groups -OCH3 is 1. The van der Waals surface area contributed by atoms with Crippen molar-refractivity contribution in [3.8, 4) is 5.75 Å². The van der Waals surface area contributed by atoms with Gasteiger partial charge in [-0.3, -0.25) is 0 Å². The molecule has 0 saturated heterocycles. The third kappa shape index (κ3) is 1.88. The molecule has 0 aromatic carbocycles. The number of pyridine rings is 1. The summed E-state index contributed by atoms with van der Waals surface area (Å²) in [5.41, 5.74) is 0.0782. The first-order valence-corrected chi connectivity index (χ1v) is 3.92. The average molecular weight is 208 g/mol. The number of rotatable bonds is 2. The molecule has 72 valence electrons. The van der Waals surface area contributed by atoms with E-state index < -0.39 is 12.1 Å². The Morgan fingerprint density at radius 2 is 2.15 bits per heavy atom. The molecule has 0 aliphatic heterocycles. The molecule has 13 heavy (non-hydrogen) atoms. The van der Waals surface area contributed by atoms with Crippen molar-refractivity contribution in [3.05, 3.63) is 22.5 Å². The van der Waals surface area contributed by atoms with Crippen molar-refractivity contribution in [3.63, 3.8) is 0 Å². The van der Waals surface area contributed by atoms with E-state index in [1.807, 2.05) is 0 Å². The Morgan fingerprint density at radius 3 is 2.62 bits per heavy atom. The predicted molar refractivity (Wildman–Crippen MR) is 45.5 cm³/mol. The first-order valence-electron chi connectivity index (χ1n) is 3.55. The normalized spacial score (nSPS) is 10.6. The van der Waals surface area contributed by atoms with Crippen LogP contribution in [0.25, 0.3) is 0 Å². The Bertz CT molecular complexity index is 317. The van der Waals surface area contributed by atoms with Crippen LogP contribution in [0.2, 0.25) is 5.02 Å². The van der Waals surface area contributed by atoms with Gasteiger partial charge in [0.2, 0.25) is 0 Å². The lowest BCUT2D eigenvalue weighted by Gasteiger charge is -2.08. The molecular weight excluding hydrogens is 200 g/mol. The van der Waals surface area contributed by atoms with Crippen molar-refractivity contribution < 1.29 is 13.5 Å². The third-order valence-corrected chi connectivity index (χ3v) is 2.15. The van der Waals surface area contributed by atoms with E-state index in [2.05, 4.69) is 4.98 Å². The minimum Gasteiger partial charge on any atom is -0.495 e. The molecule has 0 saturated carbocycles. The maximum Gasteiger partial charge on any atom is 0.281 e. The number of hydrogen-bond acceptors (Lipinski definition) is 2. The summed E-state index contributed by atoms with van der Waals surface area (Å²) in [6.45, 7) is 1.61. The smallest absolute Gasteiger partial charge is 0.281 e. The number of hydrogen-bond donors (Lipinski definition) is 0. The second kappa shape index (κ2) is 3.87. The number of ether oxygens (including phenoxy) is 1. The van der Waals surface area contributed by atoms with Crippen LogP contribution >= 0.6 is 11.6 Å². The Hall–Kier alpha value is -0.900. The molecule has 0 aliphatic rings. The van der Waals surface area contributed by atoms with Gasteiger partial charge in [-0.05, 0) is 6.92 Å². The molecule has 1 aromatic rings. The highest BCUT2D eigenvalue weighted by molar-refractivity contribution is 6.32. The van der Waals surface area contributed by atoms with Gasteiger partial charge in [0, 0.05) is 5.56 Å². The number of aromatic nitrogens is 1. The van der Waals surface area contributed by atoms with E-state index in [1.54, 1.807) is 6.92 Å². The van der Waals surface area contributed by atoms with E-state index in [4.69, 9.17) is 16.3 Å². The summed E-state index contributed by atoms with van der Waals surface area (Å²) in [5, 5.41) is -0.0330. The van der Waals surface area contributed by atoms with Crippen LogP contribution in [0, 0.1) is 6.92 Å². The SMILES string of the molecule is COc1cnc(C(F)F)c(Cl)c1C. The van der Waals surface area contributed by atoms with E-state index in [1.165, 1.54) is 13.3 Å². The van der Waals surface area contributed by atoms with Crippen LogP contribution in [0.3, 0.4) is 0 Å². The Kier molecular flexibility index (Phi) is 3.03. The summed E-state index contributed by atoms with van der Waals surface area (Å²) in [4.78, 5) is 3.50. The van der Waals surface area contributed by atoms with Crippen molar-refractivity contribution in [2.24, 2.45) is 0 Å². The standard InChI is InChI=1S/C8H8ClF2NO/c1-4-5(13-2)3-12-7(6(4)9)8(10)11/h3,8H,1-2H3. The third-order valence-electron chi connectivity index (χ3n) is 1.67. The largest absolute Gasteiger partial charge is 0.495 e. The minimum absolute atomic E-state index is 0.0330. The molecule has 0 fully saturated rings. The highest BCUT2D eigenvalue weighted by Crippen LogP contribution is 2.32. The van der Waals surface area contributed by atoms with Gasteiger partial charge in [-0.1, -0.05) is 11.6 Å². The van der Waals surface area contributed by atoms with Gasteiger partial charge in [-0.2, -0.15) is 0 Å². The molecule has 5 heteroatoms. The zero-order chi connectivity index (χ0) is 10.0. The van der Waals surface area contributed by atoms with Crippen LogP contribution in [-0.4, -0.2) is 12.1 Å². The van der Waals surface area contributed by atoms with Gasteiger partial charge in [0.1, 0.15) is 11.4 Å². The molecule has 1 aromatic heterocycles. The summed E-state index contributed by atoms with van der Waals surface area (Å²) in [5.74, 6) is 0.411. The summed E-state index contributed by atoms with van der Waals surface area (Å²) in [7, 11) is 1.43. The quantitative estimate of drug-likeness (QED) is 0.744. The van der Waals surface area contributed by atoms with Gasteiger partial charge in [-0.15, -0.1) is 0 Å². The molecule has 0 radical (unpaired) electrons. The molecule has 0 amide bonds. The highest BCUT2D eigenvalue weighted by atomic mass is 35.5. The number of halogens is 3. The van der Waals surface area contributed by atoms with Crippen LogP contribution < -0.4 is 4.74 Å². The predicted octanol–water partition coefficient (Wildman–Crippen LogP) is 2.99. The van der Waals surface area contributed by atoms with Crippen molar-refractivity contribution in [1.82, 2.24) is 4.98 Å². The van der Waals surface area contributed by atoms with E-state index in [0.717, 1.165) is 0 Å². The van der Waals surface area contributed by atoms with Crippen molar-refractivity contribution in [2.75, 3.05) is 7.11 Å². The Labute approximate surface area is 79.5 Å². The molecule has 0 spiro atoms. The van der Waals surface area contributed by atoms with Gasteiger partial charge < -0.3 is 4.74 Å². The molecule has 0 unspecified atom stereocenters. The minimum atomic E-state index is -2.66. The monoisotopic (exact) mass is 207 g/mol. The van der Waals surface area contributed by atoms with Crippen LogP contribution in [0.5, 0.6) is 5.75 Å². The van der Waals surface area contributed by atoms with Crippen LogP contribution in [0.1, 0.15) is 17.7 Å². The fourth-order valence-corrected chi connectivity index (χ4v) is 1.16. The molecule has 0 aliphatic carbocycles. The van der Waals surface area contributed by atoms with E-state index in [9.17, 15) is 8.78 Å². The summed E-state index contributed by atoms with van der Waals surface area (Å²) < 4.78 is 29.4. The number of nitrogens with zero attached hydrogens (tertiary/aromatic N) is 1. The molecule has 1 heterocycles. The average Bonchev–Trinajstić information content (AvgIpc) is 2.09. The molecule has 0 bridgehead atoms. The lowest BCUT2D eigenvalue weighted by Crippen LogP contribution is -1.96. The molecule has 2 nitrogen and oxygen atoms in total. The second-order valence-electron chi connectivity index (χ2n) is 2.45. The van der Waals surface area contributed by atoms with Gasteiger partial charge >= 0.3 is 0 Å². The lowest BCUT2D eigenvalue weighted by atomic mass is 10.2. The highest BCUT2D eigenvalue weighted by Gasteiger charge is 2.17. The van der Waals surface area contributed by atoms with E-state index in [-0.39, 0.29) is 5.02 Å². The zero-order valence-corrected chi connectivity index (χ0v) is 7.90. The fraction of sp³-hybridized carbons (Fsp3) is 0.375. The molecule has 0 atom stereocenters. The van der Waals surface area contributed by atoms with Crippen molar-refractivity contribution in [2.45, 2.75) is 13.3 Å². The second-order valence-corrected chi connectivity index (χ2v) is 2.83. The van der Waals surface area contributed by atoms with E-state index in [0.29, 0.717) is 11.3 Å². The van der Waals surface area contributed by atoms with Gasteiger partial charge in [0.05, 0.1) is 18.3 Å². The maximum atomic E-state index is 12.3. The maximum absolute atomic E-state index is 12.3. The fourth-order valence-electron chi connectivity index (χ4n) is 0.940. The zero-order valence-electron chi connectivity index (χ0n) is 7.14. The van der Waals surface area contributed by atoms with Crippen molar-refractivity contribution >= 4 is 11.6 Å². The lowest BCUT2D eigenvalue weighted by molar-refractivity contribution is 0.146. The molecular formula is C8H8ClF2NO. The Balaban J connectivity index is 3.23. The summed E-state index contributed by atoms with van der Waals surface area (Å²) in [6, 6.07) is 0. The summed E-state index contributed by atoms with van der Waals surface area (Å²) >= 11 is 5.65. The first-order chi connectivity index (χ1) is 6.07. The Morgan fingerprint density at radius 1 is 1.54 bits per heavy atom. The summed E-state index contributed by atoms with van der Waals surface area (Å²) in [6.07, 6.45) is -1.42. The molecule has 1 rings (SSSR count). The molecule has 0 N–H and O–H groups in total. The van der Waals surface area contributed by atoms with Crippen LogP contribution in [-0.2, 0) is 0 Å². The van der Waals surface area contributed by atoms with Gasteiger partial charge in [0.15, 0.2) is 0 Å². The van der Waals surface area contributed by atoms with Gasteiger partial charge in [0.25, 0.3) is 6.43 Å². The van der Waals surface area contributed by atoms with E-state index >= 15 is 0 Å². The van der Waals surface area contributed by atoms with Crippen LogP contribution in [0.15, 0.2) is 6.20 Å². The van der Waals surface area contributed by atoms with Gasteiger partial charge in [-0.25, -0.2) is 13.8 Å². The van der Waals surface area contributed by atoms with Crippen LogP contribution in [0.4, 0.5) is 8.78 Å².